The largest absolute Gasteiger partial charge is 0.469 e. The predicted molar refractivity (Wildman–Crippen MR) is 179 cm³/mol. The second kappa shape index (κ2) is 25.4. The van der Waals surface area contributed by atoms with E-state index in [9.17, 15) is 39.4 Å². The molecule has 264 valence electrons. The van der Waals surface area contributed by atoms with E-state index in [1.807, 2.05) is 0 Å². The van der Waals surface area contributed by atoms with Crippen molar-refractivity contribution in [1.82, 2.24) is 9.97 Å². The summed E-state index contributed by atoms with van der Waals surface area (Å²) in [6.45, 7) is 0. The van der Waals surface area contributed by atoms with Gasteiger partial charge in [0.25, 0.3) is 0 Å². The molecule has 0 saturated carbocycles. The topological polar surface area (TPSA) is 255 Å². The summed E-state index contributed by atoms with van der Waals surface area (Å²) in [6, 6.07) is 3.19. The standard InChI is InChI=1S/C12H14ClN3O6.C7H13NO4.C5H2Cl2N2O2.2H2S/c1-21-10(17)6-3-7(12(18)22-2)14-11-8(16(19)20)4-5-9(13)15-11;1-11-6(9)4-3-5(8)7(10)12-2;6-4-2-1-3(9(10)11)5(7)8-4;;/h4-5,7H,3,6H2,1-2H3,(H,14,15);5H,3-4,8H2,1-2H3;1-2H;2*1H2/t7-;5-;;;/m00.../s1. The predicted octanol–water partition coefficient (Wildman–Crippen LogP) is 3.51. The van der Waals surface area contributed by atoms with Crippen molar-refractivity contribution < 1.29 is 48.0 Å². The van der Waals surface area contributed by atoms with Crippen LogP contribution in [0.15, 0.2) is 24.3 Å². The molecule has 0 aliphatic heterocycles. The molecule has 2 aromatic heterocycles. The van der Waals surface area contributed by atoms with Gasteiger partial charge in [0.2, 0.25) is 11.0 Å². The molecule has 0 aliphatic rings. The van der Waals surface area contributed by atoms with Crippen LogP contribution in [0.2, 0.25) is 15.5 Å². The van der Waals surface area contributed by atoms with Crippen molar-refractivity contribution in [2.24, 2.45) is 5.73 Å². The van der Waals surface area contributed by atoms with Crippen LogP contribution in [0.1, 0.15) is 25.7 Å². The molecule has 23 heteroatoms. The lowest BCUT2D eigenvalue weighted by Crippen LogP contribution is -2.32. The number of ether oxygens (including phenoxy) is 4. The van der Waals surface area contributed by atoms with Crippen molar-refractivity contribution >= 4 is 103 Å². The number of nitrogens with zero attached hydrogens (tertiary/aromatic N) is 4. The summed E-state index contributed by atoms with van der Waals surface area (Å²) in [6.07, 6.45) is 0.328. The minimum Gasteiger partial charge on any atom is -0.469 e. The molecule has 18 nitrogen and oxygen atoms in total. The number of nitro groups is 2. The lowest BCUT2D eigenvalue weighted by atomic mass is 10.1. The Morgan fingerprint density at radius 3 is 1.64 bits per heavy atom. The number of aromatic nitrogens is 2. The highest BCUT2D eigenvalue weighted by Gasteiger charge is 2.25. The second-order valence-electron chi connectivity index (χ2n) is 8.04. The van der Waals surface area contributed by atoms with Crippen LogP contribution in [0.3, 0.4) is 0 Å². The summed E-state index contributed by atoms with van der Waals surface area (Å²) in [5, 5.41) is 23.7. The van der Waals surface area contributed by atoms with E-state index >= 15 is 0 Å². The number of methoxy groups -OCH3 is 4. The number of hydrogen-bond acceptors (Lipinski definition) is 16. The molecule has 2 heterocycles. The third kappa shape index (κ3) is 18.9. The van der Waals surface area contributed by atoms with Crippen LogP contribution in [-0.4, -0.2) is 84.2 Å². The highest BCUT2D eigenvalue weighted by Crippen LogP contribution is 2.25. The van der Waals surface area contributed by atoms with E-state index in [1.165, 1.54) is 39.5 Å². The number of nitrogens with one attached hydrogen (secondary N) is 1. The fourth-order valence-electron chi connectivity index (χ4n) is 2.79. The van der Waals surface area contributed by atoms with E-state index in [1.54, 1.807) is 0 Å². The lowest BCUT2D eigenvalue weighted by Gasteiger charge is -2.16. The highest BCUT2D eigenvalue weighted by atomic mass is 35.5. The summed E-state index contributed by atoms with van der Waals surface area (Å²) < 4.78 is 17.8. The number of hydrogen-bond donors (Lipinski definition) is 2. The summed E-state index contributed by atoms with van der Waals surface area (Å²) in [7, 11) is 4.91. The number of pyridine rings is 2. The molecule has 0 amide bonds. The number of carbonyl (C=O) groups is 4. The molecule has 2 rings (SSSR count). The fourth-order valence-corrected chi connectivity index (χ4v) is 3.35. The maximum absolute atomic E-state index is 11.7. The van der Waals surface area contributed by atoms with E-state index in [-0.39, 0.29) is 91.3 Å². The Morgan fingerprint density at radius 2 is 1.21 bits per heavy atom. The van der Waals surface area contributed by atoms with Crippen LogP contribution < -0.4 is 11.1 Å². The summed E-state index contributed by atoms with van der Waals surface area (Å²) in [5.74, 6) is -2.30. The lowest BCUT2D eigenvalue weighted by molar-refractivity contribution is -0.385. The van der Waals surface area contributed by atoms with Crippen LogP contribution in [-0.2, 0) is 38.1 Å². The smallest absolute Gasteiger partial charge is 0.328 e. The molecule has 47 heavy (non-hydrogen) atoms. The van der Waals surface area contributed by atoms with Crippen LogP contribution in [0.5, 0.6) is 0 Å². The van der Waals surface area contributed by atoms with E-state index in [0.29, 0.717) is 0 Å². The molecule has 2 aromatic rings. The summed E-state index contributed by atoms with van der Waals surface area (Å²) in [4.78, 5) is 71.3. The van der Waals surface area contributed by atoms with Crippen molar-refractivity contribution in [3.63, 3.8) is 0 Å². The average molecular weight is 768 g/mol. The van der Waals surface area contributed by atoms with Crippen molar-refractivity contribution in [2.45, 2.75) is 37.8 Å². The van der Waals surface area contributed by atoms with Crippen molar-refractivity contribution in [1.29, 1.82) is 0 Å². The van der Waals surface area contributed by atoms with Gasteiger partial charge in [-0.1, -0.05) is 34.8 Å². The first-order valence-corrected chi connectivity index (χ1v) is 13.3. The monoisotopic (exact) mass is 766 g/mol. The SMILES string of the molecule is COC(=O)CC[C@H](N)C(=O)OC.COC(=O)CC[C@H](Nc1nc(Cl)ccc1[N+](=O)[O-])C(=O)OC.O=[N+]([O-])c1ccc(Cl)nc1Cl.S.S. The molecular weight excluding hydrogens is 735 g/mol. The van der Waals surface area contributed by atoms with Crippen molar-refractivity contribution in [3.8, 4) is 0 Å². The maximum atomic E-state index is 11.7. The summed E-state index contributed by atoms with van der Waals surface area (Å²) in [5.41, 5.74) is 4.76. The normalized spacial score (nSPS) is 10.6. The molecule has 0 aliphatic carbocycles. The van der Waals surface area contributed by atoms with Gasteiger partial charge in [0.1, 0.15) is 22.4 Å². The Balaban J connectivity index is -0.000000660. The number of halogens is 3. The Morgan fingerprint density at radius 1 is 0.766 bits per heavy atom. The van der Waals surface area contributed by atoms with Gasteiger partial charge >= 0.3 is 35.3 Å². The first-order valence-electron chi connectivity index (χ1n) is 12.2. The Bertz CT molecular complexity index is 1360. The molecule has 0 fully saturated rings. The van der Waals surface area contributed by atoms with Crippen LogP contribution >= 0.6 is 61.8 Å². The molecule has 2 atom stereocenters. The van der Waals surface area contributed by atoms with Gasteiger partial charge in [-0.25, -0.2) is 14.8 Å². The van der Waals surface area contributed by atoms with E-state index in [2.05, 4.69) is 34.2 Å². The first-order chi connectivity index (χ1) is 21.1. The van der Waals surface area contributed by atoms with Gasteiger partial charge in [-0.2, -0.15) is 27.0 Å². The van der Waals surface area contributed by atoms with Crippen LogP contribution in [0.25, 0.3) is 0 Å². The van der Waals surface area contributed by atoms with Gasteiger partial charge in [0.15, 0.2) is 0 Å². The molecule has 0 bridgehead atoms. The molecule has 0 spiro atoms. The molecular formula is C24H33Cl3N6O12S2. The third-order valence-electron chi connectivity index (χ3n) is 5.08. The molecule has 3 N–H and O–H groups in total. The number of carbonyl (C=O) groups excluding carboxylic acids is 4. The number of esters is 4. The Kier molecular flexibility index (Phi) is 25.8. The van der Waals surface area contributed by atoms with Crippen molar-refractivity contribution in [2.75, 3.05) is 33.8 Å². The zero-order valence-electron chi connectivity index (χ0n) is 25.2. The van der Waals surface area contributed by atoms with E-state index in [0.717, 1.165) is 13.2 Å². The first kappa shape index (κ1) is 47.7. The zero-order valence-corrected chi connectivity index (χ0v) is 29.5. The van der Waals surface area contributed by atoms with E-state index < -0.39 is 39.8 Å². The second-order valence-corrected chi connectivity index (χ2v) is 9.17. The fraction of sp³-hybridized carbons (Fsp3) is 0.417. The number of nitrogens with two attached hydrogens (primary N) is 1. The minimum atomic E-state index is -1.01. The van der Waals surface area contributed by atoms with Gasteiger partial charge in [-0.3, -0.25) is 34.6 Å². The number of rotatable bonds is 12. The Hall–Kier alpha value is -3.69. The van der Waals surface area contributed by atoms with Crippen LogP contribution in [0, 0.1) is 20.2 Å². The molecule has 0 radical (unpaired) electrons. The van der Waals surface area contributed by atoms with Gasteiger partial charge in [-0.05, 0) is 25.0 Å². The molecule has 0 saturated heterocycles. The molecule has 0 aromatic carbocycles. The van der Waals surface area contributed by atoms with Gasteiger partial charge < -0.3 is 30.0 Å². The number of anilines is 1. The average Bonchev–Trinajstić information content (AvgIpc) is 3.00. The maximum Gasteiger partial charge on any atom is 0.328 e. The van der Waals surface area contributed by atoms with Gasteiger partial charge in [0.05, 0.1) is 38.3 Å². The van der Waals surface area contributed by atoms with E-state index in [4.69, 9.17) is 40.5 Å². The van der Waals surface area contributed by atoms with Crippen molar-refractivity contribution in [3.05, 3.63) is 60.0 Å². The minimum absolute atomic E-state index is 0. The van der Waals surface area contributed by atoms with Gasteiger partial charge in [-0.15, -0.1) is 0 Å². The van der Waals surface area contributed by atoms with Crippen LogP contribution in [0.4, 0.5) is 17.2 Å². The highest BCUT2D eigenvalue weighted by molar-refractivity contribution is 7.59. The van der Waals surface area contributed by atoms with Gasteiger partial charge in [0, 0.05) is 25.0 Å². The Labute approximate surface area is 297 Å². The molecule has 0 unspecified atom stereocenters. The zero-order chi connectivity index (χ0) is 34.7. The summed E-state index contributed by atoms with van der Waals surface area (Å²) >= 11 is 16.5. The quantitative estimate of drug-likeness (QED) is 0.103. The third-order valence-corrected chi connectivity index (χ3v) is 5.78.